The molecule has 0 aliphatic heterocycles. The topological polar surface area (TPSA) is 33.3 Å². The molecule has 102 valence electrons. The van der Waals surface area contributed by atoms with Gasteiger partial charge >= 0.3 is 0 Å². The first-order valence-corrected chi connectivity index (χ1v) is 8.11. The number of methoxy groups -OCH3 is 1. The van der Waals surface area contributed by atoms with Gasteiger partial charge in [0.05, 0.1) is 0 Å². The Morgan fingerprint density at radius 1 is 1.06 bits per heavy atom. The van der Waals surface area contributed by atoms with Crippen LogP contribution in [-0.2, 0) is 4.74 Å². The van der Waals surface area contributed by atoms with Gasteiger partial charge in [0.1, 0.15) is 0 Å². The van der Waals surface area contributed by atoms with Crippen LogP contribution in [0.5, 0.6) is 0 Å². The number of hydrogen-bond acceptors (Lipinski definition) is 3. The molecule has 0 aliphatic rings. The van der Waals surface area contributed by atoms with E-state index in [1.807, 2.05) is 11.8 Å². The quantitative estimate of drug-likeness (QED) is 0.448. The van der Waals surface area contributed by atoms with Crippen molar-refractivity contribution < 1.29 is 4.74 Å². The first kappa shape index (κ1) is 17.0. The zero-order valence-corrected chi connectivity index (χ0v) is 12.7. The van der Waals surface area contributed by atoms with Crippen molar-refractivity contribution in [2.75, 3.05) is 38.8 Å². The van der Waals surface area contributed by atoms with Crippen LogP contribution in [0.4, 0.5) is 0 Å². The van der Waals surface area contributed by atoms with Gasteiger partial charge in [-0.25, -0.2) is 0 Å². The minimum absolute atomic E-state index is 0.769. The van der Waals surface area contributed by atoms with Crippen LogP contribution in [-0.4, -0.2) is 43.9 Å². The van der Waals surface area contributed by atoms with Gasteiger partial charge in [-0.1, -0.05) is 12.8 Å². The summed E-state index contributed by atoms with van der Waals surface area (Å²) in [4.78, 5) is 0. The predicted octanol–water partition coefficient (Wildman–Crippen LogP) is 2.41. The fourth-order valence-corrected chi connectivity index (χ4v) is 2.10. The number of rotatable bonds is 11. The van der Waals surface area contributed by atoms with E-state index in [1.54, 1.807) is 7.11 Å². The zero-order valence-electron chi connectivity index (χ0n) is 11.1. The molecule has 0 amide bonds. The van der Waals surface area contributed by atoms with Crippen LogP contribution in [0.25, 0.3) is 0 Å². The van der Waals surface area contributed by atoms with Gasteiger partial charge in [-0.05, 0) is 43.5 Å². The summed E-state index contributed by atoms with van der Waals surface area (Å²) in [5.41, 5.74) is 0. The molecule has 0 radical (unpaired) electrons. The van der Waals surface area contributed by atoms with E-state index in [0.29, 0.717) is 0 Å². The molecule has 0 rings (SSSR count). The van der Waals surface area contributed by atoms with Crippen molar-refractivity contribution in [1.82, 2.24) is 10.6 Å². The second-order valence-electron chi connectivity index (χ2n) is 3.94. The first-order valence-electron chi connectivity index (χ1n) is 6.31. The van der Waals surface area contributed by atoms with E-state index in [1.165, 1.54) is 31.4 Å². The molecule has 17 heavy (non-hydrogen) atoms. The minimum atomic E-state index is 0.769. The Labute approximate surface area is 115 Å². The summed E-state index contributed by atoms with van der Waals surface area (Å²) in [7, 11) is 1.72. The highest BCUT2D eigenvalue weighted by atomic mass is 32.2. The molecule has 2 N–H and O–H groups in total. The molecule has 0 aromatic carbocycles. The molecule has 0 spiro atoms. The van der Waals surface area contributed by atoms with E-state index in [2.05, 4.69) is 16.9 Å². The summed E-state index contributed by atoms with van der Waals surface area (Å²) < 4.78 is 4.96. The summed E-state index contributed by atoms with van der Waals surface area (Å²) in [6, 6.07) is 0. The third kappa shape index (κ3) is 13.9. The van der Waals surface area contributed by atoms with Gasteiger partial charge < -0.3 is 15.4 Å². The Hall–Kier alpha value is 0. The highest BCUT2D eigenvalue weighted by molar-refractivity contribution is 7.98. The normalized spacial score (nSPS) is 10.2. The fourth-order valence-electron chi connectivity index (χ4n) is 1.41. The molecule has 0 aliphatic carbocycles. The molecule has 0 atom stereocenters. The van der Waals surface area contributed by atoms with Crippen molar-refractivity contribution >= 4 is 29.1 Å². The lowest BCUT2D eigenvalue weighted by molar-refractivity contribution is 0.195. The highest BCUT2D eigenvalue weighted by Gasteiger charge is 1.94. The third-order valence-corrected chi connectivity index (χ3v) is 3.36. The molecule has 0 unspecified atom stereocenters. The number of thioether (sulfide) groups is 1. The van der Waals surface area contributed by atoms with E-state index in [-0.39, 0.29) is 0 Å². The van der Waals surface area contributed by atoms with Gasteiger partial charge in [0, 0.05) is 26.8 Å². The van der Waals surface area contributed by atoms with Crippen LogP contribution in [0.3, 0.4) is 0 Å². The van der Waals surface area contributed by atoms with E-state index in [0.717, 1.165) is 31.2 Å². The SMILES string of the molecule is COCCCNC(=S)NCCCCCCSC. The molecule has 0 aromatic rings. The van der Waals surface area contributed by atoms with E-state index >= 15 is 0 Å². The maximum atomic E-state index is 5.16. The molecule has 5 heteroatoms. The predicted molar refractivity (Wildman–Crippen MR) is 81.9 cm³/mol. The average molecular weight is 278 g/mol. The zero-order chi connectivity index (χ0) is 12.8. The lowest BCUT2D eigenvalue weighted by atomic mass is 10.2. The smallest absolute Gasteiger partial charge is 0.166 e. The first-order chi connectivity index (χ1) is 8.31. The molecule has 0 heterocycles. The van der Waals surface area contributed by atoms with Crippen molar-refractivity contribution in [3.63, 3.8) is 0 Å². The molecule has 3 nitrogen and oxygen atoms in total. The van der Waals surface area contributed by atoms with Crippen molar-refractivity contribution in [3.05, 3.63) is 0 Å². The third-order valence-electron chi connectivity index (χ3n) is 2.37. The monoisotopic (exact) mass is 278 g/mol. The van der Waals surface area contributed by atoms with E-state index < -0.39 is 0 Å². The van der Waals surface area contributed by atoms with Crippen LogP contribution in [0.2, 0.25) is 0 Å². The van der Waals surface area contributed by atoms with Crippen molar-refractivity contribution in [3.8, 4) is 0 Å². The summed E-state index contributed by atoms with van der Waals surface area (Å²) in [5, 5.41) is 7.16. The Bertz CT molecular complexity index is 180. The maximum Gasteiger partial charge on any atom is 0.166 e. The summed E-state index contributed by atoms with van der Waals surface area (Å²) in [5.74, 6) is 1.28. The van der Waals surface area contributed by atoms with Crippen LogP contribution in [0, 0.1) is 0 Å². The standard InChI is InChI=1S/C12H26N2OS2/c1-15-10-7-9-14-12(16)13-8-5-3-4-6-11-17-2/h3-11H2,1-2H3,(H2,13,14,16). The highest BCUT2D eigenvalue weighted by Crippen LogP contribution is 2.03. The van der Waals surface area contributed by atoms with E-state index in [9.17, 15) is 0 Å². The Morgan fingerprint density at radius 3 is 2.35 bits per heavy atom. The molecular formula is C12H26N2OS2. The minimum Gasteiger partial charge on any atom is -0.385 e. The van der Waals surface area contributed by atoms with Crippen molar-refractivity contribution in [2.45, 2.75) is 32.1 Å². The van der Waals surface area contributed by atoms with Crippen molar-refractivity contribution in [1.29, 1.82) is 0 Å². The van der Waals surface area contributed by atoms with Crippen LogP contribution in [0.1, 0.15) is 32.1 Å². The largest absolute Gasteiger partial charge is 0.385 e. The van der Waals surface area contributed by atoms with Crippen molar-refractivity contribution in [2.24, 2.45) is 0 Å². The van der Waals surface area contributed by atoms with Gasteiger partial charge in [-0.15, -0.1) is 0 Å². The van der Waals surface area contributed by atoms with Crippen LogP contribution < -0.4 is 10.6 Å². The number of thiocarbonyl (C=S) groups is 1. The molecular weight excluding hydrogens is 252 g/mol. The van der Waals surface area contributed by atoms with E-state index in [4.69, 9.17) is 17.0 Å². The molecule has 0 saturated heterocycles. The number of nitrogens with one attached hydrogen (secondary N) is 2. The molecule has 0 saturated carbocycles. The van der Waals surface area contributed by atoms with Gasteiger partial charge in [0.15, 0.2) is 5.11 Å². The number of ether oxygens (including phenoxy) is 1. The molecule has 0 bridgehead atoms. The lowest BCUT2D eigenvalue weighted by Gasteiger charge is -2.09. The number of hydrogen-bond donors (Lipinski definition) is 2. The lowest BCUT2D eigenvalue weighted by Crippen LogP contribution is -2.36. The van der Waals surface area contributed by atoms with Crippen LogP contribution in [0.15, 0.2) is 0 Å². The van der Waals surface area contributed by atoms with Gasteiger partial charge in [-0.2, -0.15) is 11.8 Å². The Kier molecular flexibility index (Phi) is 14.1. The summed E-state index contributed by atoms with van der Waals surface area (Å²) in [6.07, 6.45) is 8.31. The van der Waals surface area contributed by atoms with Gasteiger partial charge in [0.25, 0.3) is 0 Å². The van der Waals surface area contributed by atoms with Gasteiger partial charge in [-0.3, -0.25) is 0 Å². The fraction of sp³-hybridized carbons (Fsp3) is 0.917. The number of unbranched alkanes of at least 4 members (excludes halogenated alkanes) is 3. The van der Waals surface area contributed by atoms with Crippen LogP contribution >= 0.6 is 24.0 Å². The maximum absolute atomic E-state index is 5.16. The Balaban J connectivity index is 3.11. The molecule has 0 aromatic heterocycles. The Morgan fingerprint density at radius 2 is 1.71 bits per heavy atom. The second kappa shape index (κ2) is 14.1. The second-order valence-corrected chi connectivity index (χ2v) is 5.33. The average Bonchev–Trinajstić information content (AvgIpc) is 2.33. The summed E-state index contributed by atoms with van der Waals surface area (Å²) in [6.45, 7) is 2.65. The molecule has 0 fully saturated rings. The van der Waals surface area contributed by atoms with Gasteiger partial charge in [0.2, 0.25) is 0 Å². The summed E-state index contributed by atoms with van der Waals surface area (Å²) >= 11 is 7.08.